The monoisotopic (exact) mass is 316 g/mol. The molecular weight excluding hydrogens is 304 g/mol. The van der Waals surface area contributed by atoms with Gasteiger partial charge >= 0.3 is 0 Å². The Kier molecular flexibility index (Phi) is 3.21. The highest BCUT2D eigenvalue weighted by Gasteiger charge is 2.05. The lowest BCUT2D eigenvalue weighted by atomic mass is 10.1. The zero-order chi connectivity index (χ0) is 13.2. The van der Waals surface area contributed by atoms with Crippen LogP contribution < -0.4 is 5.32 Å². The van der Waals surface area contributed by atoms with Crippen LogP contribution in [0.3, 0.4) is 0 Å². The van der Waals surface area contributed by atoms with Crippen LogP contribution in [0.5, 0.6) is 0 Å². The highest BCUT2D eigenvalue weighted by Crippen LogP contribution is 2.17. The molecule has 3 rings (SSSR count). The summed E-state index contributed by atoms with van der Waals surface area (Å²) in [4.78, 5) is 8.74. The number of halogens is 1. The molecule has 5 heteroatoms. The van der Waals surface area contributed by atoms with Gasteiger partial charge in [0.1, 0.15) is 4.60 Å². The third kappa shape index (κ3) is 2.61. The zero-order valence-corrected chi connectivity index (χ0v) is 12.1. The molecule has 0 radical (unpaired) electrons. The number of nitrogens with one attached hydrogen (secondary N) is 1. The molecule has 2 heterocycles. The number of hydrogen-bond donors (Lipinski definition) is 1. The highest BCUT2D eigenvalue weighted by atomic mass is 79.9. The van der Waals surface area contributed by atoms with Crippen molar-refractivity contribution in [3.8, 4) is 0 Å². The molecule has 0 aliphatic heterocycles. The lowest BCUT2D eigenvalue weighted by Gasteiger charge is -2.08. The van der Waals surface area contributed by atoms with Crippen molar-refractivity contribution in [1.29, 1.82) is 0 Å². The normalized spacial score (nSPS) is 10.8. The van der Waals surface area contributed by atoms with Gasteiger partial charge in [0.05, 0.1) is 0 Å². The molecule has 0 aliphatic carbocycles. The predicted octanol–water partition coefficient (Wildman–Crippen LogP) is 3.41. The summed E-state index contributed by atoms with van der Waals surface area (Å²) in [5.41, 5.74) is 3.31. The molecule has 0 fully saturated rings. The van der Waals surface area contributed by atoms with Gasteiger partial charge in [0.15, 0.2) is 11.5 Å². The maximum absolute atomic E-state index is 4.43. The van der Waals surface area contributed by atoms with Gasteiger partial charge in [-0.3, -0.25) is 0 Å². The quantitative estimate of drug-likeness (QED) is 0.805. The Morgan fingerprint density at radius 3 is 3.11 bits per heavy atom. The van der Waals surface area contributed by atoms with Gasteiger partial charge in [0.2, 0.25) is 0 Å². The first-order chi connectivity index (χ1) is 9.22. The number of benzene rings is 1. The molecular formula is C14H13BrN4. The van der Waals surface area contributed by atoms with Gasteiger partial charge in [-0.15, -0.1) is 0 Å². The Labute approximate surface area is 119 Å². The van der Waals surface area contributed by atoms with E-state index in [9.17, 15) is 0 Å². The van der Waals surface area contributed by atoms with Gasteiger partial charge in [-0.2, -0.15) is 0 Å². The van der Waals surface area contributed by atoms with Gasteiger partial charge in [0, 0.05) is 25.1 Å². The molecule has 1 N–H and O–H groups in total. The van der Waals surface area contributed by atoms with Crippen LogP contribution in [0.2, 0.25) is 0 Å². The van der Waals surface area contributed by atoms with Crippen molar-refractivity contribution in [2.45, 2.75) is 13.5 Å². The van der Waals surface area contributed by atoms with E-state index in [-0.39, 0.29) is 0 Å². The van der Waals surface area contributed by atoms with Crippen LogP contribution in [0.25, 0.3) is 5.65 Å². The summed E-state index contributed by atoms with van der Waals surface area (Å²) in [7, 11) is 0. The molecule has 0 unspecified atom stereocenters. The van der Waals surface area contributed by atoms with Crippen molar-refractivity contribution in [1.82, 2.24) is 14.4 Å². The second-order valence-electron chi connectivity index (χ2n) is 4.41. The Morgan fingerprint density at radius 1 is 1.37 bits per heavy atom. The van der Waals surface area contributed by atoms with Gasteiger partial charge in [-0.1, -0.05) is 29.8 Å². The fourth-order valence-corrected chi connectivity index (χ4v) is 2.43. The number of rotatable bonds is 3. The Morgan fingerprint density at radius 2 is 2.26 bits per heavy atom. The summed E-state index contributed by atoms with van der Waals surface area (Å²) >= 11 is 3.41. The summed E-state index contributed by atoms with van der Waals surface area (Å²) in [6, 6.07) is 8.41. The van der Waals surface area contributed by atoms with Gasteiger partial charge in [-0.05, 0) is 28.4 Å². The minimum absolute atomic E-state index is 0.730. The molecule has 3 aromatic rings. The van der Waals surface area contributed by atoms with E-state index < -0.39 is 0 Å². The van der Waals surface area contributed by atoms with E-state index in [0.29, 0.717) is 0 Å². The average Bonchev–Trinajstić information content (AvgIpc) is 2.84. The van der Waals surface area contributed by atoms with Crippen LogP contribution in [0.15, 0.2) is 47.5 Å². The molecule has 0 saturated carbocycles. The van der Waals surface area contributed by atoms with E-state index in [4.69, 9.17) is 0 Å². The van der Waals surface area contributed by atoms with Crippen molar-refractivity contribution in [3.05, 3.63) is 58.6 Å². The van der Waals surface area contributed by atoms with Crippen LogP contribution in [0, 0.1) is 6.92 Å². The molecule has 4 nitrogen and oxygen atoms in total. The number of hydrogen-bond acceptors (Lipinski definition) is 3. The third-order valence-electron chi connectivity index (χ3n) is 2.89. The average molecular weight is 317 g/mol. The van der Waals surface area contributed by atoms with E-state index in [2.05, 4.69) is 62.4 Å². The number of imidazole rings is 1. The second-order valence-corrected chi connectivity index (χ2v) is 5.23. The summed E-state index contributed by atoms with van der Waals surface area (Å²) in [5.74, 6) is 0.779. The van der Waals surface area contributed by atoms with Crippen LogP contribution in [0.4, 0.5) is 5.82 Å². The Balaban J connectivity index is 1.87. The molecule has 96 valence electrons. The first kappa shape index (κ1) is 12.2. The molecule has 0 saturated heterocycles. The highest BCUT2D eigenvalue weighted by molar-refractivity contribution is 9.10. The number of nitrogens with zero attached hydrogens (tertiary/aromatic N) is 3. The van der Waals surface area contributed by atoms with Gasteiger partial charge in [-0.25, -0.2) is 9.97 Å². The second kappa shape index (κ2) is 5.01. The number of fused-ring (bicyclic) bond motifs is 1. The molecule has 0 aliphatic rings. The maximum atomic E-state index is 4.43. The van der Waals surface area contributed by atoms with E-state index in [0.717, 1.165) is 22.6 Å². The Bertz CT molecular complexity index is 720. The molecule has 0 bridgehead atoms. The van der Waals surface area contributed by atoms with Gasteiger partial charge < -0.3 is 9.72 Å². The van der Waals surface area contributed by atoms with E-state index in [1.807, 2.05) is 16.8 Å². The van der Waals surface area contributed by atoms with E-state index in [1.54, 1.807) is 6.20 Å². The third-order valence-corrected chi connectivity index (χ3v) is 3.27. The minimum atomic E-state index is 0.730. The van der Waals surface area contributed by atoms with Crippen molar-refractivity contribution in [2.24, 2.45) is 0 Å². The largest absolute Gasteiger partial charge is 0.363 e. The fraction of sp³-hybridized carbons (Fsp3) is 0.143. The maximum Gasteiger partial charge on any atom is 0.180 e. The number of aromatic nitrogens is 3. The topological polar surface area (TPSA) is 42.2 Å². The summed E-state index contributed by atoms with van der Waals surface area (Å²) in [6.45, 7) is 2.82. The zero-order valence-electron chi connectivity index (χ0n) is 10.5. The minimum Gasteiger partial charge on any atom is -0.363 e. The first-order valence-electron chi connectivity index (χ1n) is 6.01. The molecule has 2 aromatic heterocycles. The van der Waals surface area contributed by atoms with Crippen LogP contribution >= 0.6 is 15.9 Å². The predicted molar refractivity (Wildman–Crippen MR) is 79.2 cm³/mol. The lowest BCUT2D eigenvalue weighted by molar-refractivity contribution is 1.05. The molecule has 0 spiro atoms. The molecule has 0 amide bonds. The van der Waals surface area contributed by atoms with E-state index in [1.165, 1.54) is 11.1 Å². The van der Waals surface area contributed by atoms with Crippen LogP contribution in [-0.4, -0.2) is 14.4 Å². The summed E-state index contributed by atoms with van der Waals surface area (Å²) < 4.78 is 2.72. The van der Waals surface area contributed by atoms with Crippen LogP contribution in [-0.2, 0) is 6.54 Å². The molecule has 1 aromatic carbocycles. The molecule has 19 heavy (non-hydrogen) atoms. The standard InChI is InChI=1S/C14H13BrN4/c1-10-3-2-4-11(7-10)8-17-13-14-16-5-6-19(14)9-12(15)18-13/h2-7,9H,8H2,1H3,(H,17,18). The van der Waals surface area contributed by atoms with Gasteiger partial charge in [0.25, 0.3) is 0 Å². The van der Waals surface area contributed by atoms with E-state index >= 15 is 0 Å². The smallest absolute Gasteiger partial charge is 0.180 e. The van der Waals surface area contributed by atoms with Crippen LogP contribution in [0.1, 0.15) is 11.1 Å². The lowest BCUT2D eigenvalue weighted by Crippen LogP contribution is -2.04. The van der Waals surface area contributed by atoms with Crippen molar-refractivity contribution in [2.75, 3.05) is 5.32 Å². The summed E-state index contributed by atoms with van der Waals surface area (Å²) in [6.07, 6.45) is 5.56. The number of aryl methyl sites for hydroxylation is 1. The summed E-state index contributed by atoms with van der Waals surface area (Å²) in [5, 5.41) is 3.33. The SMILES string of the molecule is Cc1cccc(CNc2nc(Br)cn3ccnc23)c1. The Hall–Kier alpha value is -1.88. The van der Waals surface area contributed by atoms with Crippen molar-refractivity contribution < 1.29 is 0 Å². The fourth-order valence-electron chi connectivity index (χ4n) is 2.03. The molecule has 0 atom stereocenters. The van der Waals surface area contributed by atoms with Crippen molar-refractivity contribution >= 4 is 27.4 Å². The first-order valence-corrected chi connectivity index (χ1v) is 6.80. The number of anilines is 1. The van der Waals surface area contributed by atoms with Crippen molar-refractivity contribution in [3.63, 3.8) is 0 Å².